The van der Waals surface area contributed by atoms with Crippen LogP contribution in [-0.2, 0) is 4.74 Å². The summed E-state index contributed by atoms with van der Waals surface area (Å²) in [6, 6.07) is 8.32. The van der Waals surface area contributed by atoms with Crippen LogP contribution in [0.15, 0.2) is 24.3 Å². The molecule has 2 aliphatic heterocycles. The molecule has 1 N–H and O–H groups in total. The van der Waals surface area contributed by atoms with Crippen molar-refractivity contribution in [2.24, 2.45) is 5.41 Å². The summed E-state index contributed by atoms with van der Waals surface area (Å²) in [5.74, 6) is 0.516. The number of ether oxygens (including phenoxy) is 1. The van der Waals surface area contributed by atoms with Crippen LogP contribution in [0.2, 0.25) is 5.02 Å². The van der Waals surface area contributed by atoms with Crippen molar-refractivity contribution in [3.63, 3.8) is 0 Å². The van der Waals surface area contributed by atoms with Gasteiger partial charge in [0.2, 0.25) is 0 Å². The minimum Gasteiger partial charge on any atom is -0.378 e. The number of benzene rings is 1. The average Bonchev–Trinajstić information content (AvgIpc) is 2.72. The molecule has 3 atom stereocenters. The van der Waals surface area contributed by atoms with E-state index in [2.05, 4.69) is 30.4 Å². The predicted octanol–water partition coefficient (Wildman–Crippen LogP) is 3.21. The summed E-state index contributed by atoms with van der Waals surface area (Å²) in [5.41, 5.74) is 1.66. The van der Waals surface area contributed by atoms with E-state index in [4.69, 9.17) is 16.3 Å². The van der Waals surface area contributed by atoms with Crippen molar-refractivity contribution in [2.45, 2.75) is 31.8 Å². The maximum Gasteiger partial charge on any atom is 0.0610 e. The predicted molar refractivity (Wildman–Crippen MR) is 74.1 cm³/mol. The summed E-state index contributed by atoms with van der Waals surface area (Å²) in [7, 11) is 0. The molecule has 0 radical (unpaired) electrons. The summed E-state index contributed by atoms with van der Waals surface area (Å²) >= 11 is 6.14. The molecule has 0 saturated carbocycles. The lowest BCUT2D eigenvalue weighted by Crippen LogP contribution is -2.47. The maximum atomic E-state index is 6.14. The van der Waals surface area contributed by atoms with Gasteiger partial charge >= 0.3 is 0 Å². The minimum absolute atomic E-state index is 0.302. The van der Waals surface area contributed by atoms with Crippen LogP contribution in [0, 0.1) is 5.41 Å². The van der Waals surface area contributed by atoms with E-state index in [0.29, 0.717) is 17.4 Å². The van der Waals surface area contributed by atoms with E-state index >= 15 is 0 Å². The van der Waals surface area contributed by atoms with E-state index < -0.39 is 0 Å². The summed E-state index contributed by atoms with van der Waals surface area (Å²) in [4.78, 5) is 0. The lowest BCUT2D eigenvalue weighted by atomic mass is 9.64. The third kappa shape index (κ3) is 1.97. The smallest absolute Gasteiger partial charge is 0.0610 e. The first-order valence-corrected chi connectivity index (χ1v) is 7.18. The van der Waals surface area contributed by atoms with Crippen LogP contribution in [0.5, 0.6) is 0 Å². The Kier molecular flexibility index (Phi) is 3.35. The number of hydrogen-bond donors (Lipinski definition) is 1. The molecule has 0 amide bonds. The molecule has 3 rings (SSSR count). The molecule has 2 aliphatic rings. The number of rotatable bonds is 1. The number of hydrogen-bond acceptors (Lipinski definition) is 2. The Morgan fingerprint density at radius 2 is 2.28 bits per heavy atom. The largest absolute Gasteiger partial charge is 0.378 e. The second-order valence-electron chi connectivity index (χ2n) is 5.56. The van der Waals surface area contributed by atoms with E-state index in [1.54, 1.807) is 0 Å². The van der Waals surface area contributed by atoms with Crippen LogP contribution in [0.3, 0.4) is 0 Å². The monoisotopic (exact) mass is 265 g/mol. The van der Waals surface area contributed by atoms with Crippen LogP contribution >= 0.6 is 11.6 Å². The topological polar surface area (TPSA) is 21.3 Å². The van der Waals surface area contributed by atoms with Crippen molar-refractivity contribution in [3.05, 3.63) is 34.9 Å². The zero-order chi connectivity index (χ0) is 12.6. The highest BCUT2D eigenvalue weighted by molar-refractivity contribution is 6.30. The fourth-order valence-corrected chi connectivity index (χ4v) is 3.90. The van der Waals surface area contributed by atoms with Crippen molar-refractivity contribution in [1.82, 2.24) is 5.32 Å². The Labute approximate surface area is 114 Å². The SMILES string of the molecule is CC1OCCC12CCNCC2c1cccc(Cl)c1. The molecule has 3 unspecified atom stereocenters. The van der Waals surface area contributed by atoms with Crippen LogP contribution in [0.25, 0.3) is 0 Å². The van der Waals surface area contributed by atoms with Gasteiger partial charge in [-0.2, -0.15) is 0 Å². The molecule has 2 saturated heterocycles. The molecular formula is C15H20ClNO. The van der Waals surface area contributed by atoms with Gasteiger partial charge in [-0.1, -0.05) is 23.7 Å². The molecule has 0 aliphatic carbocycles. The van der Waals surface area contributed by atoms with Crippen molar-refractivity contribution in [2.75, 3.05) is 19.7 Å². The fraction of sp³-hybridized carbons (Fsp3) is 0.600. The first-order chi connectivity index (χ1) is 8.72. The Balaban J connectivity index is 1.97. The van der Waals surface area contributed by atoms with Gasteiger partial charge in [0, 0.05) is 29.5 Å². The minimum atomic E-state index is 0.302. The van der Waals surface area contributed by atoms with Gasteiger partial charge in [-0.3, -0.25) is 0 Å². The van der Waals surface area contributed by atoms with E-state index in [1.807, 2.05) is 6.07 Å². The normalized spacial score (nSPS) is 36.1. The van der Waals surface area contributed by atoms with Crippen molar-refractivity contribution in [1.29, 1.82) is 0 Å². The number of piperidine rings is 1. The number of nitrogens with one attached hydrogen (secondary N) is 1. The molecule has 98 valence electrons. The van der Waals surface area contributed by atoms with E-state index in [1.165, 1.54) is 18.4 Å². The van der Waals surface area contributed by atoms with Gasteiger partial charge in [0.25, 0.3) is 0 Å². The van der Waals surface area contributed by atoms with Crippen molar-refractivity contribution in [3.8, 4) is 0 Å². The Morgan fingerprint density at radius 3 is 3.00 bits per heavy atom. The highest BCUT2D eigenvalue weighted by atomic mass is 35.5. The molecule has 1 aromatic rings. The average molecular weight is 266 g/mol. The first-order valence-electron chi connectivity index (χ1n) is 6.80. The molecule has 3 heteroatoms. The third-order valence-electron chi connectivity index (χ3n) is 4.81. The van der Waals surface area contributed by atoms with E-state index in [0.717, 1.165) is 24.7 Å². The zero-order valence-electron chi connectivity index (χ0n) is 10.8. The molecule has 2 nitrogen and oxygen atoms in total. The third-order valence-corrected chi connectivity index (χ3v) is 5.04. The second-order valence-corrected chi connectivity index (χ2v) is 5.99. The summed E-state index contributed by atoms with van der Waals surface area (Å²) < 4.78 is 5.87. The van der Waals surface area contributed by atoms with Gasteiger partial charge in [0.15, 0.2) is 0 Å². The molecule has 2 fully saturated rings. The lowest BCUT2D eigenvalue weighted by molar-refractivity contribution is 0.0326. The second kappa shape index (κ2) is 4.84. The highest BCUT2D eigenvalue weighted by Crippen LogP contribution is 2.50. The summed E-state index contributed by atoms with van der Waals surface area (Å²) in [5, 5.41) is 4.36. The Hall–Kier alpha value is -0.570. The molecule has 0 aromatic heterocycles. The van der Waals surface area contributed by atoms with Crippen LogP contribution in [-0.4, -0.2) is 25.8 Å². The van der Waals surface area contributed by atoms with Gasteiger partial charge in [-0.25, -0.2) is 0 Å². The molecule has 18 heavy (non-hydrogen) atoms. The highest BCUT2D eigenvalue weighted by Gasteiger charge is 2.49. The fourth-order valence-electron chi connectivity index (χ4n) is 3.70. The molecule has 0 bridgehead atoms. The quantitative estimate of drug-likeness (QED) is 0.842. The molecular weight excluding hydrogens is 246 g/mol. The van der Waals surface area contributed by atoms with Crippen molar-refractivity contribution < 1.29 is 4.74 Å². The van der Waals surface area contributed by atoms with Crippen LogP contribution in [0.1, 0.15) is 31.2 Å². The first kappa shape index (κ1) is 12.5. The van der Waals surface area contributed by atoms with Gasteiger partial charge in [-0.05, 0) is 44.0 Å². The zero-order valence-corrected chi connectivity index (χ0v) is 11.5. The summed E-state index contributed by atoms with van der Waals surface area (Å²) in [6.07, 6.45) is 2.72. The van der Waals surface area contributed by atoms with Gasteiger partial charge in [-0.15, -0.1) is 0 Å². The Bertz CT molecular complexity index is 436. The Morgan fingerprint density at radius 1 is 1.39 bits per heavy atom. The van der Waals surface area contributed by atoms with Crippen LogP contribution < -0.4 is 5.32 Å². The van der Waals surface area contributed by atoms with E-state index in [-0.39, 0.29) is 0 Å². The summed E-state index contributed by atoms with van der Waals surface area (Å²) in [6.45, 7) is 5.27. The molecule has 1 spiro atoms. The van der Waals surface area contributed by atoms with Gasteiger partial charge in [0.1, 0.15) is 0 Å². The number of halogens is 1. The van der Waals surface area contributed by atoms with Gasteiger partial charge < -0.3 is 10.1 Å². The maximum absolute atomic E-state index is 6.14. The van der Waals surface area contributed by atoms with Crippen molar-refractivity contribution >= 4 is 11.6 Å². The lowest BCUT2D eigenvalue weighted by Gasteiger charge is -2.44. The molecule has 1 aromatic carbocycles. The van der Waals surface area contributed by atoms with E-state index in [9.17, 15) is 0 Å². The molecule has 2 heterocycles. The van der Waals surface area contributed by atoms with Gasteiger partial charge in [0.05, 0.1) is 6.10 Å². The standard InChI is InChI=1S/C15H20ClNO/c1-11-15(6-8-18-11)5-7-17-10-14(15)12-3-2-4-13(16)9-12/h2-4,9,11,14,17H,5-8,10H2,1H3. The van der Waals surface area contributed by atoms with Crippen LogP contribution in [0.4, 0.5) is 0 Å².